The molecular formula is C15H16BrNOS. The Balaban J connectivity index is 1.99. The normalized spacial score (nSPS) is 10.3. The molecule has 19 heavy (non-hydrogen) atoms. The van der Waals surface area contributed by atoms with Crippen LogP contribution in [0.25, 0.3) is 0 Å². The molecular weight excluding hydrogens is 322 g/mol. The Morgan fingerprint density at radius 1 is 1.16 bits per heavy atom. The Bertz CT molecular complexity index is 542. The maximum Gasteiger partial charge on any atom is 0.133 e. The van der Waals surface area contributed by atoms with Crippen molar-refractivity contribution in [2.45, 2.75) is 11.4 Å². The molecule has 0 bridgehead atoms. The average molecular weight is 338 g/mol. The van der Waals surface area contributed by atoms with Gasteiger partial charge in [-0.25, -0.2) is 0 Å². The summed E-state index contributed by atoms with van der Waals surface area (Å²) in [5, 5.41) is 3.41. The number of rotatable bonds is 5. The van der Waals surface area contributed by atoms with Crippen LogP contribution in [0, 0.1) is 0 Å². The molecule has 0 spiro atoms. The molecule has 0 aliphatic rings. The molecule has 2 nitrogen and oxygen atoms in total. The molecule has 0 amide bonds. The third-order valence-corrected chi connectivity index (χ3v) is 4.17. The summed E-state index contributed by atoms with van der Waals surface area (Å²) in [5.74, 6) is 0.855. The van der Waals surface area contributed by atoms with Gasteiger partial charge in [-0.05, 0) is 64.1 Å². The van der Waals surface area contributed by atoms with Gasteiger partial charge in [-0.3, -0.25) is 0 Å². The number of ether oxygens (including phenoxy) is 1. The lowest BCUT2D eigenvalue weighted by atomic mass is 10.2. The summed E-state index contributed by atoms with van der Waals surface area (Å²) < 4.78 is 6.20. The van der Waals surface area contributed by atoms with E-state index in [0.29, 0.717) is 0 Å². The van der Waals surface area contributed by atoms with Gasteiger partial charge in [0.15, 0.2) is 0 Å². The number of nitrogens with one attached hydrogen (secondary N) is 1. The minimum absolute atomic E-state index is 0.793. The second-order valence-corrected chi connectivity index (χ2v) is 5.78. The zero-order valence-electron chi connectivity index (χ0n) is 10.9. The minimum Gasteiger partial charge on any atom is -0.496 e. The highest BCUT2D eigenvalue weighted by atomic mass is 79.9. The highest BCUT2D eigenvalue weighted by molar-refractivity contribution is 9.10. The van der Waals surface area contributed by atoms with Crippen LogP contribution in [0.5, 0.6) is 5.75 Å². The topological polar surface area (TPSA) is 21.3 Å². The van der Waals surface area contributed by atoms with Crippen molar-refractivity contribution in [3.05, 3.63) is 52.5 Å². The van der Waals surface area contributed by atoms with Crippen LogP contribution in [0.4, 0.5) is 5.69 Å². The molecule has 0 saturated heterocycles. The fourth-order valence-electron chi connectivity index (χ4n) is 1.73. The fraction of sp³-hybridized carbons (Fsp3) is 0.200. The first-order chi connectivity index (χ1) is 9.22. The summed E-state index contributed by atoms with van der Waals surface area (Å²) in [6.07, 6.45) is 2.08. The first kappa shape index (κ1) is 14.3. The quantitative estimate of drug-likeness (QED) is 0.792. The van der Waals surface area contributed by atoms with Gasteiger partial charge in [0.1, 0.15) is 5.75 Å². The summed E-state index contributed by atoms with van der Waals surface area (Å²) in [6.45, 7) is 0.793. The second kappa shape index (κ2) is 6.87. The lowest BCUT2D eigenvalue weighted by Crippen LogP contribution is -1.99. The summed E-state index contributed by atoms with van der Waals surface area (Å²) >= 11 is 5.25. The van der Waals surface area contributed by atoms with Crippen molar-refractivity contribution in [1.29, 1.82) is 0 Å². The maximum absolute atomic E-state index is 5.22. The lowest BCUT2D eigenvalue weighted by molar-refractivity contribution is 0.412. The highest BCUT2D eigenvalue weighted by Gasteiger charge is 2.01. The third kappa shape index (κ3) is 3.91. The van der Waals surface area contributed by atoms with E-state index in [9.17, 15) is 0 Å². The molecule has 0 aliphatic heterocycles. The lowest BCUT2D eigenvalue weighted by Gasteiger charge is -2.09. The Hall–Kier alpha value is -1.13. The monoisotopic (exact) mass is 337 g/mol. The fourth-order valence-corrected chi connectivity index (χ4v) is 2.73. The molecule has 4 heteroatoms. The van der Waals surface area contributed by atoms with Crippen LogP contribution < -0.4 is 10.1 Å². The molecule has 2 aromatic carbocycles. The third-order valence-electron chi connectivity index (χ3n) is 2.80. The SMILES string of the molecule is COc1ccc(CNc2ccc(SC)cc2)cc1Br. The van der Waals surface area contributed by atoms with E-state index in [2.05, 4.69) is 63.9 Å². The predicted molar refractivity (Wildman–Crippen MR) is 86.2 cm³/mol. The summed E-state index contributed by atoms with van der Waals surface area (Å²) in [6, 6.07) is 14.6. The second-order valence-electron chi connectivity index (χ2n) is 4.05. The minimum atomic E-state index is 0.793. The van der Waals surface area contributed by atoms with Gasteiger partial charge >= 0.3 is 0 Å². The summed E-state index contributed by atoms with van der Waals surface area (Å²) in [5.41, 5.74) is 2.34. The molecule has 0 unspecified atom stereocenters. The van der Waals surface area contributed by atoms with Crippen molar-refractivity contribution in [2.24, 2.45) is 0 Å². The van der Waals surface area contributed by atoms with Crippen LogP contribution in [0.15, 0.2) is 51.8 Å². The van der Waals surface area contributed by atoms with E-state index in [4.69, 9.17) is 4.74 Å². The zero-order chi connectivity index (χ0) is 13.7. The molecule has 2 rings (SSSR count). The molecule has 1 N–H and O–H groups in total. The van der Waals surface area contributed by atoms with Gasteiger partial charge in [0.05, 0.1) is 11.6 Å². The number of hydrogen-bond acceptors (Lipinski definition) is 3. The molecule has 2 aromatic rings. The van der Waals surface area contributed by atoms with Crippen molar-refractivity contribution in [3.63, 3.8) is 0 Å². The molecule has 0 aromatic heterocycles. The van der Waals surface area contributed by atoms with Crippen molar-refractivity contribution in [1.82, 2.24) is 0 Å². The zero-order valence-corrected chi connectivity index (χ0v) is 13.3. The van der Waals surface area contributed by atoms with Gasteiger partial charge in [0, 0.05) is 17.1 Å². The standard InChI is InChI=1S/C15H16BrNOS/c1-18-15-8-3-11(9-14(15)16)10-17-12-4-6-13(19-2)7-5-12/h3-9,17H,10H2,1-2H3. The van der Waals surface area contributed by atoms with Gasteiger partial charge in [-0.15, -0.1) is 11.8 Å². The van der Waals surface area contributed by atoms with Crippen LogP contribution in [-0.4, -0.2) is 13.4 Å². The Labute approximate surface area is 126 Å². The van der Waals surface area contributed by atoms with Crippen LogP contribution in [0.1, 0.15) is 5.56 Å². The molecule has 0 fully saturated rings. The Kier molecular flexibility index (Phi) is 5.16. The summed E-state index contributed by atoms with van der Waals surface area (Å²) in [7, 11) is 1.67. The molecule has 0 atom stereocenters. The van der Waals surface area contributed by atoms with Crippen molar-refractivity contribution in [3.8, 4) is 5.75 Å². The van der Waals surface area contributed by atoms with Gasteiger partial charge in [-0.1, -0.05) is 6.07 Å². The van der Waals surface area contributed by atoms with Gasteiger partial charge in [-0.2, -0.15) is 0 Å². The van der Waals surface area contributed by atoms with Gasteiger partial charge in [0.2, 0.25) is 0 Å². The average Bonchev–Trinajstić information content (AvgIpc) is 2.46. The van der Waals surface area contributed by atoms with E-state index >= 15 is 0 Å². The maximum atomic E-state index is 5.22. The van der Waals surface area contributed by atoms with Crippen molar-refractivity contribution < 1.29 is 4.74 Å². The van der Waals surface area contributed by atoms with Crippen LogP contribution in [0.3, 0.4) is 0 Å². The molecule has 100 valence electrons. The largest absolute Gasteiger partial charge is 0.496 e. The van der Waals surface area contributed by atoms with Crippen molar-refractivity contribution in [2.75, 3.05) is 18.7 Å². The summed E-state index contributed by atoms with van der Waals surface area (Å²) in [4.78, 5) is 1.28. The molecule has 0 aliphatic carbocycles. The number of hydrogen-bond donors (Lipinski definition) is 1. The van der Waals surface area contributed by atoms with E-state index in [0.717, 1.165) is 22.5 Å². The van der Waals surface area contributed by atoms with E-state index in [1.807, 2.05) is 6.07 Å². The first-order valence-electron chi connectivity index (χ1n) is 5.93. The van der Waals surface area contributed by atoms with Crippen LogP contribution in [-0.2, 0) is 6.54 Å². The van der Waals surface area contributed by atoms with E-state index in [-0.39, 0.29) is 0 Å². The Morgan fingerprint density at radius 3 is 2.47 bits per heavy atom. The smallest absolute Gasteiger partial charge is 0.133 e. The van der Waals surface area contributed by atoms with Crippen LogP contribution >= 0.6 is 27.7 Å². The number of methoxy groups -OCH3 is 1. The number of benzene rings is 2. The van der Waals surface area contributed by atoms with E-state index in [1.165, 1.54) is 10.5 Å². The first-order valence-corrected chi connectivity index (χ1v) is 7.95. The molecule has 0 radical (unpaired) electrons. The van der Waals surface area contributed by atoms with Crippen LogP contribution in [0.2, 0.25) is 0 Å². The van der Waals surface area contributed by atoms with Gasteiger partial charge < -0.3 is 10.1 Å². The number of thioether (sulfide) groups is 1. The Morgan fingerprint density at radius 2 is 1.89 bits per heavy atom. The predicted octanol–water partition coefficient (Wildman–Crippen LogP) is 4.79. The van der Waals surface area contributed by atoms with Crippen molar-refractivity contribution >= 4 is 33.4 Å². The molecule has 0 saturated carbocycles. The number of anilines is 1. The highest BCUT2D eigenvalue weighted by Crippen LogP contribution is 2.26. The van der Waals surface area contributed by atoms with Gasteiger partial charge in [0.25, 0.3) is 0 Å². The molecule has 0 heterocycles. The van der Waals surface area contributed by atoms with E-state index < -0.39 is 0 Å². The number of halogens is 1. The van der Waals surface area contributed by atoms with E-state index in [1.54, 1.807) is 18.9 Å².